The molecule has 1 heterocycles. The quantitative estimate of drug-likeness (QED) is 0.0768. The molecule has 2 N–H and O–H groups in total. The summed E-state index contributed by atoms with van der Waals surface area (Å²) in [5.41, 5.74) is -3.28. The molecule has 73 heavy (non-hydrogen) atoms. The summed E-state index contributed by atoms with van der Waals surface area (Å²) in [5, 5.41) is 22.2. The fourth-order valence-corrected chi connectivity index (χ4v) is 12.4. The largest absolute Gasteiger partial charge is 0.390 e. The van der Waals surface area contributed by atoms with E-state index in [2.05, 4.69) is 0 Å². The third-order valence-electron chi connectivity index (χ3n) is 15.9. The Morgan fingerprint density at radius 1 is 0.808 bits per heavy atom. The normalized spacial score (nSPS) is 30.6. The molecule has 1 saturated heterocycles. The molecule has 14 nitrogen and oxygen atoms in total. The first-order chi connectivity index (χ1) is 35.1. The van der Waals surface area contributed by atoms with E-state index in [0.29, 0.717) is 97.7 Å². The molecule has 0 bridgehead atoms. The summed E-state index contributed by atoms with van der Waals surface area (Å²) >= 11 is 1.56. The molecule has 0 amide bonds. The molecule has 4 fully saturated rings. The lowest BCUT2D eigenvalue weighted by atomic mass is 9.44. The van der Waals surface area contributed by atoms with E-state index in [4.69, 9.17) is 37.9 Å². The number of Topliss-reactive ketones (excluding diaryl/α,β-unsaturated/α-hetero) is 3. The van der Waals surface area contributed by atoms with Crippen molar-refractivity contribution in [2.45, 2.75) is 113 Å². The summed E-state index contributed by atoms with van der Waals surface area (Å²) in [6, 6.07) is 15.4. The topological polar surface area (TPSA) is 183 Å². The zero-order chi connectivity index (χ0) is 52.2. The number of hydrogen-bond acceptors (Lipinski definition) is 15. The van der Waals surface area contributed by atoms with Gasteiger partial charge in [0.05, 0.1) is 90.1 Å². The van der Waals surface area contributed by atoms with Crippen LogP contribution in [0.15, 0.2) is 72.3 Å². The van der Waals surface area contributed by atoms with Gasteiger partial charge >= 0.3 is 0 Å². The van der Waals surface area contributed by atoms with E-state index in [9.17, 15) is 29.4 Å². The second kappa shape index (κ2) is 26.0. The second-order valence-corrected chi connectivity index (χ2v) is 21.5. The van der Waals surface area contributed by atoms with Gasteiger partial charge in [-0.25, -0.2) is 8.78 Å². The van der Waals surface area contributed by atoms with E-state index in [1.807, 2.05) is 61.7 Å². The average Bonchev–Trinajstić information content (AvgIpc) is 3.88. The molecule has 2 aromatic carbocycles. The number of ether oxygens (including phenoxy) is 8. The van der Waals surface area contributed by atoms with Crippen LogP contribution in [0.1, 0.15) is 87.8 Å². The third kappa shape index (κ3) is 12.7. The first kappa shape index (κ1) is 57.1. The van der Waals surface area contributed by atoms with E-state index in [1.54, 1.807) is 18.7 Å². The Balaban J connectivity index is 0.770. The van der Waals surface area contributed by atoms with Gasteiger partial charge in [0, 0.05) is 48.2 Å². The van der Waals surface area contributed by atoms with Gasteiger partial charge in [0.15, 0.2) is 29.1 Å². The van der Waals surface area contributed by atoms with Gasteiger partial charge < -0.3 is 48.1 Å². The van der Waals surface area contributed by atoms with E-state index < -0.39 is 76.8 Å². The standard InChI is InChI=1S/C56H74F2O14S/c1-37(73-4)48(62)9-6-17-65-19-21-67-23-25-69-27-28-70-26-24-68-22-20-66-18-15-43(61)31-40-8-5-7-39(30-40)29-38-10-12-41(13-11-38)52-71-51-34-44-45-33-47(57)46-32-42(60)14-16-53(46,2)55(45,58)49(63)35-54(44,3)56(51,72-52)50(64)36-59/h5,7-8,10-14,16,30,32,37,44-45,47,49,51-52,59,63H,6,9,15,17-29,31,33-36H2,1-4H3/t37?,44-,45-,47-,49-,51+,52+,53-,54-,55-,56+/m0/s1. The number of alkyl halides is 2. The molecule has 4 aliphatic carbocycles. The van der Waals surface area contributed by atoms with Gasteiger partial charge in [0.1, 0.15) is 24.3 Å². The number of thioether (sulfide) groups is 1. The van der Waals surface area contributed by atoms with Crippen molar-refractivity contribution in [1.82, 2.24) is 0 Å². The highest BCUT2D eigenvalue weighted by atomic mass is 32.2. The maximum Gasteiger partial charge on any atom is 0.193 e. The summed E-state index contributed by atoms with van der Waals surface area (Å²) < 4.78 is 80.1. The van der Waals surface area contributed by atoms with Gasteiger partial charge in [-0.05, 0) is 92.5 Å². The number of carbonyl (C=O) groups is 4. The lowest BCUT2D eigenvalue weighted by molar-refractivity contribution is -0.235. The Morgan fingerprint density at radius 2 is 1.41 bits per heavy atom. The lowest BCUT2D eigenvalue weighted by Gasteiger charge is -2.63. The van der Waals surface area contributed by atoms with Crippen molar-refractivity contribution >= 4 is 34.9 Å². The molecule has 17 heteroatoms. The van der Waals surface area contributed by atoms with Gasteiger partial charge in [0.25, 0.3) is 0 Å². The van der Waals surface area contributed by atoms with E-state index in [0.717, 1.165) is 29.2 Å². The number of carbonyl (C=O) groups excluding carboxylic acids is 4. The number of aliphatic hydroxyl groups excluding tert-OH is 2. The van der Waals surface area contributed by atoms with Crippen molar-refractivity contribution in [2.24, 2.45) is 22.7 Å². The molecule has 11 atom stereocenters. The summed E-state index contributed by atoms with van der Waals surface area (Å²) in [6.07, 6.45) is 2.63. The van der Waals surface area contributed by atoms with Gasteiger partial charge in [-0.3, -0.25) is 19.2 Å². The maximum atomic E-state index is 17.8. The Hall–Kier alpha value is -3.59. The highest BCUT2D eigenvalue weighted by Gasteiger charge is 2.80. The molecule has 3 saturated carbocycles. The predicted molar refractivity (Wildman–Crippen MR) is 269 cm³/mol. The van der Waals surface area contributed by atoms with Crippen molar-refractivity contribution < 1.29 is 76.1 Å². The van der Waals surface area contributed by atoms with Crippen LogP contribution in [0.3, 0.4) is 0 Å². The van der Waals surface area contributed by atoms with Gasteiger partial charge in [-0.2, -0.15) is 11.8 Å². The zero-order valence-electron chi connectivity index (χ0n) is 42.7. The second-order valence-electron chi connectivity index (χ2n) is 20.3. The van der Waals surface area contributed by atoms with Crippen molar-refractivity contribution in [2.75, 3.05) is 92.1 Å². The number of rotatable bonds is 31. The Bertz CT molecular complexity index is 2260. The molecule has 0 aromatic heterocycles. The van der Waals surface area contributed by atoms with Crippen LogP contribution in [0.5, 0.6) is 0 Å². The predicted octanol–water partition coefficient (Wildman–Crippen LogP) is 6.62. The highest BCUT2D eigenvalue weighted by Crippen LogP contribution is 2.72. The van der Waals surface area contributed by atoms with Crippen LogP contribution >= 0.6 is 11.8 Å². The fraction of sp³-hybridized carbons (Fsp3) is 0.643. The number of hydrogen-bond donors (Lipinski definition) is 2. The number of aliphatic hydroxyl groups is 2. The molecule has 0 radical (unpaired) electrons. The number of fused-ring (bicyclic) bond motifs is 7. The van der Waals surface area contributed by atoms with Crippen LogP contribution in [0.25, 0.3) is 0 Å². The fourth-order valence-electron chi connectivity index (χ4n) is 12.0. The molecular weight excluding hydrogens is 967 g/mol. The SMILES string of the molecule is CSC(C)C(=O)CCCOCCOCCOCCOCCOCCOCCC(=O)Cc1cccc(Cc2ccc([C@@H]3O[C@@H]4C[C@H]5[C@@H]6C[C@H](F)C7=CC(=O)C=C[C@]7(C)[C@@]6(F)[C@@H](O)C[C@]5(C)[C@]4(C(=O)CO)O3)cc2)c1. The molecule has 1 unspecified atom stereocenters. The minimum Gasteiger partial charge on any atom is -0.390 e. The van der Waals surface area contributed by atoms with Crippen LogP contribution in [-0.4, -0.2) is 160 Å². The summed E-state index contributed by atoms with van der Waals surface area (Å²) in [7, 11) is 0. The number of halogens is 2. The minimum absolute atomic E-state index is 0.0197. The average molecular weight is 1040 g/mol. The van der Waals surface area contributed by atoms with Crippen LogP contribution in [0, 0.1) is 22.7 Å². The zero-order valence-corrected chi connectivity index (χ0v) is 43.5. The molecule has 5 aliphatic rings. The summed E-state index contributed by atoms with van der Waals surface area (Å²) in [4.78, 5) is 50.8. The van der Waals surface area contributed by atoms with Crippen LogP contribution < -0.4 is 0 Å². The van der Waals surface area contributed by atoms with E-state index in [1.165, 1.54) is 19.1 Å². The number of ketones is 4. The van der Waals surface area contributed by atoms with E-state index in [-0.39, 0.29) is 54.5 Å². The Labute approximate surface area is 432 Å². The van der Waals surface area contributed by atoms with Crippen molar-refractivity contribution in [3.63, 3.8) is 0 Å². The number of benzene rings is 2. The van der Waals surface area contributed by atoms with Crippen molar-refractivity contribution in [3.8, 4) is 0 Å². The van der Waals surface area contributed by atoms with Gasteiger partial charge in [-0.1, -0.05) is 61.5 Å². The minimum atomic E-state index is -2.33. The first-order valence-electron chi connectivity index (χ1n) is 25.7. The third-order valence-corrected chi connectivity index (χ3v) is 16.9. The first-order valence-corrected chi connectivity index (χ1v) is 27.0. The highest BCUT2D eigenvalue weighted by molar-refractivity contribution is 7.99. The molecular formula is C56H74F2O14S. The Kier molecular flexibility index (Phi) is 20.3. The summed E-state index contributed by atoms with van der Waals surface area (Å²) in [6.45, 7) is 9.58. The van der Waals surface area contributed by atoms with Gasteiger partial charge in [-0.15, -0.1) is 0 Å². The smallest absolute Gasteiger partial charge is 0.193 e. The number of allylic oxidation sites excluding steroid dienone is 4. The van der Waals surface area contributed by atoms with Crippen LogP contribution in [0.2, 0.25) is 0 Å². The molecule has 1 aliphatic heterocycles. The Morgan fingerprint density at radius 3 is 2.03 bits per heavy atom. The maximum absolute atomic E-state index is 17.8. The van der Waals surface area contributed by atoms with Crippen LogP contribution in [-0.2, 0) is 69.9 Å². The molecule has 7 rings (SSSR count). The summed E-state index contributed by atoms with van der Waals surface area (Å²) in [5.74, 6) is -2.41. The molecule has 402 valence electrons. The van der Waals surface area contributed by atoms with Crippen molar-refractivity contribution in [1.29, 1.82) is 0 Å². The van der Waals surface area contributed by atoms with Crippen molar-refractivity contribution in [3.05, 3.63) is 94.6 Å². The molecule has 0 spiro atoms. The van der Waals surface area contributed by atoms with Crippen LogP contribution in [0.4, 0.5) is 8.78 Å². The lowest BCUT2D eigenvalue weighted by Crippen LogP contribution is -2.70. The monoisotopic (exact) mass is 1040 g/mol. The van der Waals surface area contributed by atoms with Gasteiger partial charge in [0.2, 0.25) is 0 Å². The van der Waals surface area contributed by atoms with E-state index >= 15 is 8.78 Å². The molecule has 2 aromatic rings.